The van der Waals surface area contributed by atoms with Crippen LogP contribution in [0.4, 0.5) is 26.3 Å². The summed E-state index contributed by atoms with van der Waals surface area (Å²) in [5.41, 5.74) is -2.48. The van der Waals surface area contributed by atoms with Gasteiger partial charge in [0.1, 0.15) is 12.4 Å². The minimum atomic E-state index is -5.97. The molecule has 0 saturated heterocycles. The first-order valence-electron chi connectivity index (χ1n) is 11.8. The monoisotopic (exact) mass is 542 g/mol. The van der Waals surface area contributed by atoms with E-state index in [-0.39, 0.29) is 31.8 Å². The number of hydrogen-bond acceptors (Lipinski definition) is 4. The van der Waals surface area contributed by atoms with Crippen LogP contribution in [-0.4, -0.2) is 27.7 Å². The van der Waals surface area contributed by atoms with Gasteiger partial charge >= 0.3 is 12.4 Å². The Hall–Kier alpha value is -3.08. The summed E-state index contributed by atoms with van der Waals surface area (Å²) in [4.78, 5) is 0. The maximum atomic E-state index is 13.4. The maximum absolute atomic E-state index is 13.4. The van der Waals surface area contributed by atoms with Crippen molar-refractivity contribution < 1.29 is 46.4 Å². The molecule has 3 aromatic carbocycles. The first-order chi connectivity index (χ1) is 17.8. The predicted octanol–water partition coefficient (Wildman–Crippen LogP) is 6.49. The largest absolute Gasteiger partial charge is 0.489 e. The fourth-order valence-corrected chi connectivity index (χ4v) is 4.26. The molecule has 3 rings (SSSR count). The summed E-state index contributed by atoms with van der Waals surface area (Å²) in [6.45, 7) is 3.13. The molecule has 0 fully saturated rings. The number of aryl methyl sites for hydroxylation is 2. The van der Waals surface area contributed by atoms with Crippen LogP contribution in [0.5, 0.6) is 5.75 Å². The van der Waals surface area contributed by atoms with Gasteiger partial charge in [0.15, 0.2) is 0 Å². The summed E-state index contributed by atoms with van der Waals surface area (Å²) in [5.74, 6) is 0.413. The zero-order valence-corrected chi connectivity index (χ0v) is 20.7. The molecule has 3 aromatic rings. The number of hydrogen-bond donors (Lipinski definition) is 3. The van der Waals surface area contributed by atoms with Gasteiger partial charge in [0, 0.05) is 5.56 Å². The van der Waals surface area contributed by atoms with Crippen molar-refractivity contribution >= 4 is 0 Å². The zero-order chi connectivity index (χ0) is 28.3. The Morgan fingerprint density at radius 3 is 1.97 bits per heavy atom. The van der Waals surface area contributed by atoms with Gasteiger partial charge in [-0.25, -0.2) is 0 Å². The van der Waals surface area contributed by atoms with Crippen LogP contribution in [0.15, 0.2) is 54.6 Å². The van der Waals surface area contributed by atoms with Crippen LogP contribution in [-0.2, 0) is 31.8 Å². The molecule has 38 heavy (non-hydrogen) atoms. The predicted molar refractivity (Wildman–Crippen MR) is 129 cm³/mol. The molecule has 3 N–H and O–H groups in total. The summed E-state index contributed by atoms with van der Waals surface area (Å²) in [7, 11) is 0. The third kappa shape index (κ3) is 5.82. The van der Waals surface area contributed by atoms with E-state index in [4.69, 9.17) is 4.74 Å². The van der Waals surface area contributed by atoms with E-state index in [2.05, 4.69) is 0 Å². The molecule has 0 aliphatic heterocycles. The first kappa shape index (κ1) is 29.5. The lowest BCUT2D eigenvalue weighted by molar-refractivity contribution is -0.376. The fraction of sp³-hybridized carbons (Fsp3) is 0.357. The molecule has 0 aliphatic carbocycles. The van der Waals surface area contributed by atoms with Crippen molar-refractivity contribution in [2.45, 2.75) is 64.5 Å². The lowest BCUT2D eigenvalue weighted by Gasteiger charge is -2.33. The van der Waals surface area contributed by atoms with Crippen LogP contribution in [0, 0.1) is 6.92 Å². The first-order valence-corrected chi connectivity index (χ1v) is 11.8. The van der Waals surface area contributed by atoms with Gasteiger partial charge in [-0.3, -0.25) is 0 Å². The normalized spacial score (nSPS) is 12.6. The van der Waals surface area contributed by atoms with Crippen molar-refractivity contribution in [1.29, 1.82) is 0 Å². The minimum absolute atomic E-state index is 0.117. The lowest BCUT2D eigenvalue weighted by atomic mass is 9.86. The second-order valence-corrected chi connectivity index (χ2v) is 9.01. The number of benzene rings is 3. The smallest absolute Gasteiger partial charge is 0.430 e. The lowest BCUT2D eigenvalue weighted by Crippen LogP contribution is -2.53. The standard InChI is InChI=1S/C28H28F6O4/c1-3-4-19-12-22(26(37,27(29,30)31)28(32,33)34)8-10-24(19)25-13-23(9-5-17(25)2)38-16-18-6-7-20(14-35)21(11-18)15-36/h5-13,35-37H,3-4,14-16H2,1-2H3. The van der Waals surface area contributed by atoms with E-state index in [1.165, 1.54) is 0 Å². The molecule has 0 unspecified atom stereocenters. The molecular formula is C28H28F6O4. The fourth-order valence-electron chi connectivity index (χ4n) is 4.26. The van der Waals surface area contributed by atoms with E-state index >= 15 is 0 Å². The van der Waals surface area contributed by atoms with Crippen LogP contribution in [0.2, 0.25) is 0 Å². The van der Waals surface area contributed by atoms with Crippen LogP contribution in [0.25, 0.3) is 11.1 Å². The minimum Gasteiger partial charge on any atom is -0.489 e. The van der Waals surface area contributed by atoms with Gasteiger partial charge in [0.2, 0.25) is 0 Å². The molecule has 10 heteroatoms. The van der Waals surface area contributed by atoms with Gasteiger partial charge in [0.05, 0.1) is 13.2 Å². The van der Waals surface area contributed by atoms with Crippen molar-refractivity contribution in [3.63, 3.8) is 0 Å². The van der Waals surface area contributed by atoms with Crippen molar-refractivity contribution in [3.05, 3.63) is 88.0 Å². The Morgan fingerprint density at radius 2 is 1.39 bits per heavy atom. The number of aliphatic hydroxyl groups excluding tert-OH is 2. The molecule has 0 saturated carbocycles. The van der Waals surface area contributed by atoms with E-state index in [0.717, 1.165) is 23.3 Å². The summed E-state index contributed by atoms with van der Waals surface area (Å²) < 4.78 is 86.5. The number of rotatable bonds is 9. The average molecular weight is 543 g/mol. The van der Waals surface area contributed by atoms with E-state index in [9.17, 15) is 41.7 Å². The van der Waals surface area contributed by atoms with E-state index in [1.54, 1.807) is 50.2 Å². The van der Waals surface area contributed by atoms with Crippen LogP contribution < -0.4 is 4.74 Å². The van der Waals surface area contributed by atoms with Crippen molar-refractivity contribution in [1.82, 2.24) is 0 Å². The molecule has 206 valence electrons. The summed E-state index contributed by atoms with van der Waals surface area (Å²) >= 11 is 0. The molecule has 0 aliphatic rings. The van der Waals surface area contributed by atoms with Crippen molar-refractivity contribution in [3.8, 4) is 16.9 Å². The topological polar surface area (TPSA) is 69.9 Å². The quantitative estimate of drug-likeness (QED) is 0.271. The molecule has 0 amide bonds. The Kier molecular flexibility index (Phi) is 8.80. The number of ether oxygens (including phenoxy) is 1. The Labute approximate surface area is 216 Å². The van der Waals surface area contributed by atoms with Gasteiger partial charge < -0.3 is 20.1 Å². The molecule has 0 bridgehead atoms. The van der Waals surface area contributed by atoms with Crippen LogP contribution >= 0.6 is 0 Å². The van der Waals surface area contributed by atoms with Gasteiger partial charge in [-0.15, -0.1) is 0 Å². The number of aliphatic hydroxyl groups is 3. The van der Waals surface area contributed by atoms with Crippen LogP contribution in [0.1, 0.15) is 46.7 Å². The van der Waals surface area contributed by atoms with Crippen molar-refractivity contribution in [2.24, 2.45) is 0 Å². The highest BCUT2D eigenvalue weighted by molar-refractivity contribution is 5.72. The summed E-state index contributed by atoms with van der Waals surface area (Å²) in [6.07, 6.45) is -11.3. The molecule has 0 aromatic heterocycles. The zero-order valence-electron chi connectivity index (χ0n) is 20.7. The highest BCUT2D eigenvalue weighted by Gasteiger charge is 2.71. The van der Waals surface area contributed by atoms with E-state index in [0.29, 0.717) is 40.5 Å². The third-order valence-electron chi connectivity index (χ3n) is 6.38. The van der Waals surface area contributed by atoms with Crippen molar-refractivity contribution in [2.75, 3.05) is 0 Å². The van der Waals surface area contributed by atoms with Crippen LogP contribution in [0.3, 0.4) is 0 Å². The second kappa shape index (κ2) is 11.3. The van der Waals surface area contributed by atoms with E-state index in [1.807, 2.05) is 0 Å². The Bertz CT molecular complexity index is 1250. The van der Waals surface area contributed by atoms with Gasteiger partial charge in [-0.2, -0.15) is 26.3 Å². The summed E-state index contributed by atoms with van der Waals surface area (Å²) in [5, 5.41) is 28.7. The molecule has 0 spiro atoms. The number of halogens is 6. The second-order valence-electron chi connectivity index (χ2n) is 9.01. The molecule has 0 radical (unpaired) electrons. The molecule has 0 atom stereocenters. The van der Waals surface area contributed by atoms with Gasteiger partial charge in [-0.05, 0) is 70.5 Å². The van der Waals surface area contributed by atoms with Gasteiger partial charge in [0.25, 0.3) is 5.60 Å². The summed E-state index contributed by atoms with van der Waals surface area (Å²) in [6, 6.07) is 12.8. The molecular weight excluding hydrogens is 514 g/mol. The SMILES string of the molecule is CCCc1cc(C(O)(C(F)(F)F)C(F)(F)F)ccc1-c1cc(OCc2ccc(CO)c(CO)c2)ccc1C. The molecule has 4 nitrogen and oxygen atoms in total. The maximum Gasteiger partial charge on any atom is 0.430 e. The Balaban J connectivity index is 2.00. The highest BCUT2D eigenvalue weighted by Crippen LogP contribution is 2.50. The van der Waals surface area contributed by atoms with Gasteiger partial charge in [-0.1, -0.05) is 49.7 Å². The van der Waals surface area contributed by atoms with E-state index < -0.39 is 23.5 Å². The number of alkyl halides is 6. The highest BCUT2D eigenvalue weighted by atomic mass is 19.4. The molecule has 0 heterocycles. The third-order valence-corrected chi connectivity index (χ3v) is 6.38. The Morgan fingerprint density at radius 1 is 0.737 bits per heavy atom. The average Bonchev–Trinajstić information content (AvgIpc) is 2.86.